The number of halogens is 3. The van der Waals surface area contributed by atoms with E-state index < -0.39 is 17.5 Å². The molecule has 2 rings (SSSR count). The van der Waals surface area contributed by atoms with Crippen molar-refractivity contribution in [3.63, 3.8) is 0 Å². The van der Waals surface area contributed by atoms with Crippen molar-refractivity contribution in [1.29, 1.82) is 0 Å². The van der Waals surface area contributed by atoms with Gasteiger partial charge in [-0.25, -0.2) is 8.78 Å². The van der Waals surface area contributed by atoms with Gasteiger partial charge in [-0.3, -0.25) is 4.79 Å². The summed E-state index contributed by atoms with van der Waals surface area (Å²) in [5.41, 5.74) is -0.208. The highest BCUT2D eigenvalue weighted by Gasteiger charge is 2.28. The molecule has 0 heterocycles. The van der Waals surface area contributed by atoms with Gasteiger partial charge in [-0.1, -0.05) is 25.3 Å². The molecule has 1 aliphatic rings. The average molecular weight is 302 g/mol. The molecule has 0 spiro atoms. The maximum absolute atomic E-state index is 13.8. The van der Waals surface area contributed by atoms with E-state index >= 15 is 0 Å². The van der Waals surface area contributed by atoms with E-state index in [0.717, 1.165) is 38.2 Å². The van der Waals surface area contributed by atoms with Crippen LogP contribution in [0.2, 0.25) is 0 Å². The molecule has 0 unspecified atom stereocenters. The number of nitrogens with zero attached hydrogens (tertiary/aromatic N) is 1. The van der Waals surface area contributed by atoms with Crippen molar-refractivity contribution in [3.8, 4) is 0 Å². The number of hydrogen-bond acceptors (Lipinski definition) is 1. The molecule has 2 nitrogen and oxygen atoms in total. The van der Waals surface area contributed by atoms with E-state index in [9.17, 15) is 13.6 Å². The fourth-order valence-electron chi connectivity index (χ4n) is 2.76. The van der Waals surface area contributed by atoms with Gasteiger partial charge in [0, 0.05) is 18.5 Å². The van der Waals surface area contributed by atoms with Gasteiger partial charge >= 0.3 is 0 Å². The maximum atomic E-state index is 13.8. The summed E-state index contributed by atoms with van der Waals surface area (Å²) in [4.78, 5) is 14.1. The third-order valence-corrected chi connectivity index (χ3v) is 3.95. The van der Waals surface area contributed by atoms with Gasteiger partial charge in [0.25, 0.3) is 5.91 Å². The summed E-state index contributed by atoms with van der Waals surface area (Å²) in [5.74, 6) is -2.24. The highest BCUT2D eigenvalue weighted by atomic mass is 35.5. The van der Waals surface area contributed by atoms with Crippen LogP contribution >= 0.6 is 11.6 Å². The molecular formula is C15H18ClF2NO. The second-order valence-corrected chi connectivity index (χ2v) is 5.46. The Hall–Kier alpha value is -1.16. The Labute approximate surface area is 122 Å². The van der Waals surface area contributed by atoms with E-state index in [0.29, 0.717) is 12.4 Å². The van der Waals surface area contributed by atoms with E-state index in [1.54, 1.807) is 4.90 Å². The Morgan fingerprint density at radius 3 is 2.60 bits per heavy atom. The van der Waals surface area contributed by atoms with Crippen LogP contribution in [0.15, 0.2) is 18.2 Å². The first-order chi connectivity index (χ1) is 9.65. The van der Waals surface area contributed by atoms with E-state index in [1.807, 2.05) is 0 Å². The summed E-state index contributed by atoms with van der Waals surface area (Å²) in [6, 6.07) is 3.77. The van der Waals surface area contributed by atoms with Crippen LogP contribution in [-0.4, -0.2) is 29.3 Å². The zero-order valence-corrected chi connectivity index (χ0v) is 12.0. The van der Waals surface area contributed by atoms with Gasteiger partial charge in [-0.15, -0.1) is 11.6 Å². The molecule has 0 aliphatic heterocycles. The minimum Gasteiger partial charge on any atom is -0.334 e. The summed E-state index contributed by atoms with van der Waals surface area (Å²) < 4.78 is 27.0. The van der Waals surface area contributed by atoms with Crippen molar-refractivity contribution in [3.05, 3.63) is 35.4 Å². The van der Waals surface area contributed by atoms with Gasteiger partial charge in [0.15, 0.2) is 11.6 Å². The molecule has 0 N–H and O–H groups in total. The monoisotopic (exact) mass is 301 g/mol. The van der Waals surface area contributed by atoms with E-state index in [1.165, 1.54) is 12.1 Å². The first-order valence-corrected chi connectivity index (χ1v) is 7.49. The lowest BCUT2D eigenvalue weighted by molar-refractivity contribution is 0.0644. The number of benzene rings is 1. The number of rotatable bonds is 4. The molecule has 0 aromatic heterocycles. The molecule has 1 aromatic carbocycles. The van der Waals surface area contributed by atoms with Crippen molar-refractivity contribution in [2.45, 2.75) is 38.1 Å². The van der Waals surface area contributed by atoms with Crippen LogP contribution in [0.25, 0.3) is 0 Å². The Morgan fingerprint density at radius 1 is 1.25 bits per heavy atom. The summed E-state index contributed by atoms with van der Waals surface area (Å²) in [5, 5.41) is 0. The van der Waals surface area contributed by atoms with Crippen LogP contribution in [0.5, 0.6) is 0 Å². The van der Waals surface area contributed by atoms with Gasteiger partial charge in [0.05, 0.1) is 5.56 Å². The highest BCUT2D eigenvalue weighted by Crippen LogP contribution is 2.25. The van der Waals surface area contributed by atoms with Crippen molar-refractivity contribution in [2.24, 2.45) is 0 Å². The summed E-state index contributed by atoms with van der Waals surface area (Å²) in [6.07, 6.45) is 5.08. The fourth-order valence-corrected chi connectivity index (χ4v) is 2.94. The van der Waals surface area contributed by atoms with Gasteiger partial charge in [0.2, 0.25) is 0 Å². The predicted molar refractivity (Wildman–Crippen MR) is 75.0 cm³/mol. The minimum absolute atomic E-state index is 0.0812. The van der Waals surface area contributed by atoms with E-state index in [2.05, 4.69) is 0 Å². The third-order valence-electron chi connectivity index (χ3n) is 3.78. The number of alkyl halides is 1. The second kappa shape index (κ2) is 7.02. The predicted octanol–water partition coefficient (Wildman–Crippen LogP) is 3.98. The molecule has 1 fully saturated rings. The zero-order valence-electron chi connectivity index (χ0n) is 11.2. The van der Waals surface area contributed by atoms with E-state index in [4.69, 9.17) is 11.6 Å². The molecule has 1 amide bonds. The Morgan fingerprint density at radius 2 is 1.95 bits per heavy atom. The highest BCUT2D eigenvalue weighted by molar-refractivity contribution is 6.18. The summed E-state index contributed by atoms with van der Waals surface area (Å²) in [6.45, 7) is 0.362. The Bertz CT molecular complexity index is 475. The topological polar surface area (TPSA) is 20.3 Å². The normalized spacial score (nSPS) is 16.1. The van der Waals surface area contributed by atoms with Crippen LogP contribution in [0, 0.1) is 11.6 Å². The maximum Gasteiger partial charge on any atom is 0.257 e. The largest absolute Gasteiger partial charge is 0.334 e. The van der Waals surface area contributed by atoms with Crippen molar-refractivity contribution in [2.75, 3.05) is 12.4 Å². The van der Waals surface area contributed by atoms with Crippen LogP contribution in [0.3, 0.4) is 0 Å². The number of amides is 1. The minimum atomic E-state index is -1.08. The lowest BCUT2D eigenvalue weighted by Gasteiger charge is -2.34. The third kappa shape index (κ3) is 3.29. The molecule has 0 bridgehead atoms. The number of carbonyl (C=O) groups excluding carboxylic acids is 1. The fraction of sp³-hybridized carbons (Fsp3) is 0.533. The van der Waals surface area contributed by atoms with Crippen LogP contribution in [0.4, 0.5) is 8.78 Å². The molecule has 1 aromatic rings. The second-order valence-electron chi connectivity index (χ2n) is 5.08. The number of carbonyl (C=O) groups is 1. The first-order valence-electron chi connectivity index (χ1n) is 6.96. The molecule has 110 valence electrons. The standard InChI is InChI=1S/C15H18ClF2NO/c16-9-10-19(11-5-2-1-3-6-11)15(20)12-7-4-8-13(17)14(12)18/h4,7-8,11H,1-3,5-6,9-10H2. The van der Waals surface area contributed by atoms with E-state index in [-0.39, 0.29) is 11.6 Å². The van der Waals surface area contributed by atoms with Gasteiger partial charge in [-0.2, -0.15) is 0 Å². The quantitative estimate of drug-likeness (QED) is 0.770. The number of hydrogen-bond donors (Lipinski definition) is 0. The zero-order chi connectivity index (χ0) is 14.5. The Kier molecular flexibility index (Phi) is 5.35. The molecule has 0 atom stereocenters. The smallest absolute Gasteiger partial charge is 0.257 e. The van der Waals surface area contributed by atoms with Gasteiger partial charge < -0.3 is 4.90 Å². The Balaban J connectivity index is 2.23. The SMILES string of the molecule is O=C(c1cccc(F)c1F)N(CCCl)C1CCCCC1. The lowest BCUT2D eigenvalue weighted by atomic mass is 9.93. The molecule has 20 heavy (non-hydrogen) atoms. The van der Waals surface area contributed by atoms with Crippen molar-refractivity contribution >= 4 is 17.5 Å². The molecule has 0 saturated heterocycles. The molecule has 1 aliphatic carbocycles. The van der Waals surface area contributed by atoms with Crippen molar-refractivity contribution < 1.29 is 13.6 Å². The van der Waals surface area contributed by atoms with Crippen LogP contribution in [0.1, 0.15) is 42.5 Å². The molecule has 0 radical (unpaired) electrons. The molecular weight excluding hydrogens is 284 g/mol. The van der Waals surface area contributed by atoms with Crippen LogP contribution < -0.4 is 0 Å². The molecule has 1 saturated carbocycles. The van der Waals surface area contributed by atoms with Crippen LogP contribution in [-0.2, 0) is 0 Å². The van der Waals surface area contributed by atoms with Crippen molar-refractivity contribution in [1.82, 2.24) is 4.90 Å². The van der Waals surface area contributed by atoms with Gasteiger partial charge in [-0.05, 0) is 25.0 Å². The summed E-state index contributed by atoms with van der Waals surface area (Å²) in [7, 11) is 0. The molecule has 5 heteroatoms. The lowest BCUT2D eigenvalue weighted by Crippen LogP contribution is -2.43. The first kappa shape index (κ1) is 15.2. The summed E-state index contributed by atoms with van der Waals surface area (Å²) >= 11 is 5.76. The average Bonchev–Trinajstić information content (AvgIpc) is 2.48. The van der Waals surface area contributed by atoms with Gasteiger partial charge in [0.1, 0.15) is 0 Å².